The van der Waals surface area contributed by atoms with Gasteiger partial charge < -0.3 is 15.4 Å². The molecule has 1 aromatic carbocycles. The summed E-state index contributed by atoms with van der Waals surface area (Å²) in [5.74, 6) is -1.09. The van der Waals surface area contributed by atoms with E-state index in [0.717, 1.165) is 12.8 Å². The number of nitrogens with one attached hydrogen (secondary N) is 2. The van der Waals surface area contributed by atoms with Gasteiger partial charge in [-0.05, 0) is 37.1 Å². The van der Waals surface area contributed by atoms with Crippen LogP contribution in [0.1, 0.15) is 29.6 Å². The van der Waals surface area contributed by atoms with Gasteiger partial charge in [0.1, 0.15) is 6.42 Å². The lowest BCUT2D eigenvalue weighted by atomic mass is 10.2. The Bertz CT molecular complexity index is 520. The predicted molar refractivity (Wildman–Crippen MR) is 72.2 cm³/mol. The van der Waals surface area contributed by atoms with Gasteiger partial charge >= 0.3 is 5.97 Å². The Balaban J connectivity index is 1.84. The van der Waals surface area contributed by atoms with Gasteiger partial charge in [0.15, 0.2) is 0 Å². The lowest BCUT2D eigenvalue weighted by Gasteiger charge is -2.06. The number of rotatable bonds is 5. The zero-order valence-electron chi connectivity index (χ0n) is 11.1. The molecule has 1 saturated carbocycles. The third-order valence-electron chi connectivity index (χ3n) is 2.85. The number of hydrogen-bond acceptors (Lipinski definition) is 4. The van der Waals surface area contributed by atoms with Crippen LogP contribution in [0.4, 0.5) is 5.69 Å². The third-order valence-corrected chi connectivity index (χ3v) is 2.85. The molecule has 0 saturated heterocycles. The van der Waals surface area contributed by atoms with Crippen LogP contribution in [-0.2, 0) is 14.3 Å². The van der Waals surface area contributed by atoms with Gasteiger partial charge in [-0.15, -0.1) is 0 Å². The van der Waals surface area contributed by atoms with Crippen molar-refractivity contribution in [2.45, 2.75) is 25.3 Å². The summed E-state index contributed by atoms with van der Waals surface area (Å²) in [4.78, 5) is 34.3. The molecule has 0 spiro atoms. The van der Waals surface area contributed by atoms with Gasteiger partial charge in [-0.1, -0.05) is 0 Å². The van der Waals surface area contributed by atoms with Crippen LogP contribution in [0.5, 0.6) is 0 Å². The molecule has 2 N–H and O–H groups in total. The largest absolute Gasteiger partial charge is 0.465 e. The first-order valence-electron chi connectivity index (χ1n) is 6.36. The molecule has 0 heterocycles. The number of amides is 2. The summed E-state index contributed by atoms with van der Waals surface area (Å²) >= 11 is 0. The van der Waals surface area contributed by atoms with Gasteiger partial charge in [0.05, 0.1) is 12.7 Å². The number of anilines is 1. The zero-order valence-corrected chi connectivity index (χ0v) is 11.1. The van der Waals surface area contributed by atoms with Gasteiger partial charge in [-0.2, -0.15) is 0 Å². The number of carbonyl (C=O) groups is 3. The summed E-state index contributed by atoms with van der Waals surface area (Å²) in [5.41, 5.74) is 0.929. The van der Waals surface area contributed by atoms with E-state index in [4.69, 9.17) is 0 Å². The second-order valence-electron chi connectivity index (χ2n) is 4.64. The molecule has 0 unspecified atom stereocenters. The molecule has 1 aliphatic rings. The van der Waals surface area contributed by atoms with E-state index in [1.54, 1.807) is 24.3 Å². The third kappa shape index (κ3) is 4.08. The minimum absolute atomic E-state index is 0.199. The van der Waals surface area contributed by atoms with Crippen molar-refractivity contribution in [3.8, 4) is 0 Å². The van der Waals surface area contributed by atoms with Crippen molar-refractivity contribution in [2.24, 2.45) is 0 Å². The van der Waals surface area contributed by atoms with Crippen LogP contribution in [0.2, 0.25) is 0 Å². The van der Waals surface area contributed by atoms with E-state index < -0.39 is 5.97 Å². The average molecular weight is 276 g/mol. The molecule has 0 bridgehead atoms. The van der Waals surface area contributed by atoms with Gasteiger partial charge in [-0.25, -0.2) is 4.79 Å². The molecule has 2 rings (SSSR count). The number of ether oxygens (including phenoxy) is 1. The standard InChI is InChI=1S/C14H16N2O4/c1-20-14(19)9-2-4-10(5-3-9)15-12(17)8-13(18)16-11-6-7-11/h2-5,11H,6-8H2,1H3,(H,15,17)(H,16,18). The fourth-order valence-electron chi connectivity index (χ4n) is 1.66. The first-order chi connectivity index (χ1) is 9.58. The number of hydrogen-bond donors (Lipinski definition) is 2. The fraction of sp³-hybridized carbons (Fsp3) is 0.357. The van der Waals surface area contributed by atoms with Crippen LogP contribution < -0.4 is 10.6 Å². The van der Waals surface area contributed by atoms with Gasteiger partial charge in [0.25, 0.3) is 0 Å². The van der Waals surface area contributed by atoms with Crippen LogP contribution in [0.25, 0.3) is 0 Å². The quantitative estimate of drug-likeness (QED) is 0.622. The zero-order chi connectivity index (χ0) is 14.5. The van der Waals surface area contributed by atoms with Gasteiger partial charge in [0, 0.05) is 11.7 Å². The first kappa shape index (κ1) is 14.0. The predicted octanol–water partition coefficient (Wildman–Crippen LogP) is 1.08. The lowest BCUT2D eigenvalue weighted by molar-refractivity contribution is -0.126. The van der Waals surface area contributed by atoms with Crippen molar-refractivity contribution < 1.29 is 19.1 Å². The smallest absolute Gasteiger partial charge is 0.337 e. The Hall–Kier alpha value is -2.37. The van der Waals surface area contributed by atoms with E-state index in [-0.39, 0.29) is 24.3 Å². The van der Waals surface area contributed by atoms with Crippen LogP contribution in [-0.4, -0.2) is 30.9 Å². The maximum absolute atomic E-state index is 11.6. The van der Waals surface area contributed by atoms with E-state index in [0.29, 0.717) is 11.3 Å². The molecule has 106 valence electrons. The Kier molecular flexibility index (Phi) is 4.34. The van der Waals surface area contributed by atoms with Crippen molar-refractivity contribution >= 4 is 23.5 Å². The summed E-state index contributed by atoms with van der Waals surface area (Å²) in [5, 5.41) is 5.34. The molecule has 6 heteroatoms. The molecule has 1 aliphatic carbocycles. The molecule has 1 fully saturated rings. The van der Waals surface area contributed by atoms with Crippen LogP contribution in [0.15, 0.2) is 24.3 Å². The maximum Gasteiger partial charge on any atom is 0.337 e. The van der Waals surface area contributed by atoms with E-state index in [1.807, 2.05) is 0 Å². The second-order valence-corrected chi connectivity index (χ2v) is 4.64. The molecular weight excluding hydrogens is 260 g/mol. The summed E-state index contributed by atoms with van der Waals surface area (Å²) < 4.78 is 4.57. The maximum atomic E-state index is 11.6. The molecule has 0 atom stereocenters. The summed E-state index contributed by atoms with van der Waals surface area (Å²) in [7, 11) is 1.30. The molecule has 0 radical (unpaired) electrons. The number of carbonyl (C=O) groups excluding carboxylic acids is 3. The number of methoxy groups -OCH3 is 1. The first-order valence-corrected chi connectivity index (χ1v) is 6.36. The highest BCUT2D eigenvalue weighted by molar-refractivity contribution is 6.03. The minimum Gasteiger partial charge on any atom is -0.465 e. The molecule has 0 aromatic heterocycles. The summed E-state index contributed by atoms with van der Waals surface area (Å²) in [6.45, 7) is 0. The van der Waals surface area contributed by atoms with Crippen LogP contribution >= 0.6 is 0 Å². The summed E-state index contributed by atoms with van der Waals surface area (Å²) in [6, 6.07) is 6.51. The summed E-state index contributed by atoms with van der Waals surface area (Å²) in [6.07, 6.45) is 1.78. The van der Waals surface area contributed by atoms with E-state index in [2.05, 4.69) is 15.4 Å². The SMILES string of the molecule is COC(=O)c1ccc(NC(=O)CC(=O)NC2CC2)cc1. The highest BCUT2D eigenvalue weighted by Crippen LogP contribution is 2.18. The number of benzene rings is 1. The normalized spacial score (nSPS) is 13.4. The molecule has 20 heavy (non-hydrogen) atoms. The monoisotopic (exact) mass is 276 g/mol. The lowest BCUT2D eigenvalue weighted by Crippen LogP contribution is -2.29. The highest BCUT2D eigenvalue weighted by atomic mass is 16.5. The van der Waals surface area contributed by atoms with Crippen molar-refractivity contribution in [1.82, 2.24) is 5.32 Å². The molecule has 1 aromatic rings. The fourth-order valence-corrected chi connectivity index (χ4v) is 1.66. The van der Waals surface area contributed by atoms with Crippen molar-refractivity contribution in [2.75, 3.05) is 12.4 Å². The highest BCUT2D eigenvalue weighted by Gasteiger charge is 2.24. The minimum atomic E-state index is -0.438. The van der Waals surface area contributed by atoms with Gasteiger partial charge in [0.2, 0.25) is 11.8 Å². The van der Waals surface area contributed by atoms with Crippen LogP contribution in [0, 0.1) is 0 Å². The second kappa shape index (κ2) is 6.18. The molecule has 0 aliphatic heterocycles. The van der Waals surface area contributed by atoms with Crippen molar-refractivity contribution in [3.63, 3.8) is 0 Å². The van der Waals surface area contributed by atoms with Crippen molar-refractivity contribution in [1.29, 1.82) is 0 Å². The van der Waals surface area contributed by atoms with E-state index >= 15 is 0 Å². The molecule has 6 nitrogen and oxygen atoms in total. The Morgan fingerprint density at radius 3 is 2.35 bits per heavy atom. The van der Waals surface area contributed by atoms with E-state index in [9.17, 15) is 14.4 Å². The van der Waals surface area contributed by atoms with Crippen LogP contribution in [0.3, 0.4) is 0 Å². The Labute approximate surface area is 116 Å². The molecular formula is C14H16N2O4. The van der Waals surface area contributed by atoms with Crippen molar-refractivity contribution in [3.05, 3.63) is 29.8 Å². The van der Waals surface area contributed by atoms with E-state index in [1.165, 1.54) is 7.11 Å². The van der Waals surface area contributed by atoms with Gasteiger partial charge in [-0.3, -0.25) is 9.59 Å². The molecule has 2 amide bonds. The Morgan fingerprint density at radius 1 is 1.15 bits per heavy atom. The average Bonchev–Trinajstić information content (AvgIpc) is 3.22. The topological polar surface area (TPSA) is 84.5 Å². The Morgan fingerprint density at radius 2 is 1.80 bits per heavy atom. The number of esters is 1.